The molecule has 0 saturated carbocycles. The number of alkyl halides is 2. The summed E-state index contributed by atoms with van der Waals surface area (Å²) in [5.74, 6) is -3.84. The van der Waals surface area contributed by atoms with Crippen LogP contribution < -0.4 is 0 Å². The molecule has 0 aliphatic rings. The van der Waals surface area contributed by atoms with Crippen molar-refractivity contribution < 1.29 is 37.3 Å². The Balaban J connectivity index is 1.44. The van der Waals surface area contributed by atoms with Crippen molar-refractivity contribution in [3.63, 3.8) is 0 Å². The fourth-order valence-corrected chi connectivity index (χ4v) is 6.74. The lowest BCUT2D eigenvalue weighted by molar-refractivity contribution is -0.275. The van der Waals surface area contributed by atoms with Gasteiger partial charge in [0.05, 0.1) is 19.8 Å². The highest BCUT2D eigenvalue weighted by atomic mass is 31.2. The van der Waals surface area contributed by atoms with E-state index in [0.717, 1.165) is 0 Å². The fourth-order valence-electron chi connectivity index (χ4n) is 5.15. The van der Waals surface area contributed by atoms with Gasteiger partial charge in [0.1, 0.15) is 5.60 Å². The number of aliphatic hydroxyl groups is 2. The maximum Gasteiger partial charge on any atom is 0.406 e. The minimum Gasteiger partial charge on any atom is -0.361 e. The quantitative estimate of drug-likeness (QED) is 0.0678. The van der Waals surface area contributed by atoms with E-state index in [1.807, 2.05) is 91.0 Å². The molecular formula is C37H35F2O6P. The third-order valence-electron chi connectivity index (χ3n) is 7.62. The Morgan fingerprint density at radius 2 is 0.870 bits per heavy atom. The molecule has 0 radical (unpaired) electrons. The van der Waals surface area contributed by atoms with Gasteiger partial charge in [-0.1, -0.05) is 152 Å². The van der Waals surface area contributed by atoms with E-state index in [9.17, 15) is 14.8 Å². The van der Waals surface area contributed by atoms with Crippen LogP contribution in [0.3, 0.4) is 0 Å². The highest BCUT2D eigenvalue weighted by Gasteiger charge is 2.67. The summed E-state index contributed by atoms with van der Waals surface area (Å²) in [6, 6.07) is 44.2. The molecule has 6 nitrogen and oxygen atoms in total. The topological polar surface area (TPSA) is 85.2 Å². The summed E-state index contributed by atoms with van der Waals surface area (Å²) in [4.78, 5) is 0. The van der Waals surface area contributed by atoms with Gasteiger partial charge in [-0.25, -0.2) is 0 Å². The van der Waals surface area contributed by atoms with Crippen LogP contribution in [0.1, 0.15) is 34.2 Å². The molecule has 0 saturated heterocycles. The van der Waals surface area contributed by atoms with Crippen molar-refractivity contribution in [3.05, 3.63) is 179 Å². The summed E-state index contributed by atoms with van der Waals surface area (Å²) >= 11 is 0. The molecule has 0 unspecified atom stereocenters. The molecule has 5 rings (SSSR count). The Morgan fingerprint density at radius 1 is 0.543 bits per heavy atom. The SMILES string of the molecule is O=P(OCc1ccccc1)(OCc1ccccc1)C(F)(F)C(O)(O)CCOC(c1ccccc1)(c1ccccc1)c1ccccc1. The zero-order chi connectivity index (χ0) is 32.5. The standard InChI is InChI=1S/C37H35F2O6P/c38-37(39,46(42,44-28-30-16-6-1-7-17-30)45-29-31-18-8-2-9-19-31)35(40,41)26-27-43-36(32-20-10-3-11-21-32,33-22-12-4-13-23-33)34-24-14-5-15-25-34/h1-25,40-41H,26-29H2. The highest BCUT2D eigenvalue weighted by Crippen LogP contribution is 2.66. The van der Waals surface area contributed by atoms with Gasteiger partial charge >= 0.3 is 13.3 Å². The van der Waals surface area contributed by atoms with Gasteiger partial charge in [-0.15, -0.1) is 0 Å². The molecule has 0 aliphatic heterocycles. The van der Waals surface area contributed by atoms with Gasteiger partial charge in [0.2, 0.25) is 5.79 Å². The lowest BCUT2D eigenvalue weighted by Crippen LogP contribution is -2.49. The van der Waals surface area contributed by atoms with Gasteiger partial charge < -0.3 is 14.9 Å². The molecular weight excluding hydrogens is 609 g/mol. The average molecular weight is 645 g/mol. The minimum atomic E-state index is -5.52. The number of hydrogen-bond acceptors (Lipinski definition) is 6. The van der Waals surface area contributed by atoms with Gasteiger partial charge in [0.25, 0.3) is 0 Å². The first-order chi connectivity index (χ1) is 22.2. The minimum absolute atomic E-state index is 0.449. The molecule has 9 heteroatoms. The first kappa shape index (κ1) is 33.4. The number of rotatable bonds is 15. The molecule has 0 aliphatic carbocycles. The van der Waals surface area contributed by atoms with E-state index in [1.165, 1.54) is 0 Å². The number of benzene rings is 5. The van der Waals surface area contributed by atoms with E-state index in [4.69, 9.17) is 13.8 Å². The Bertz CT molecular complexity index is 1550. The van der Waals surface area contributed by atoms with Gasteiger partial charge in [-0.2, -0.15) is 8.78 Å². The lowest BCUT2D eigenvalue weighted by atomic mass is 9.80. The number of ether oxygens (including phenoxy) is 1. The van der Waals surface area contributed by atoms with Crippen LogP contribution in [0.25, 0.3) is 0 Å². The summed E-state index contributed by atoms with van der Waals surface area (Å²) in [7, 11) is -5.52. The Hall–Kier alpha value is -4.01. The van der Waals surface area contributed by atoms with E-state index in [2.05, 4.69) is 0 Å². The first-order valence-electron chi connectivity index (χ1n) is 14.8. The second-order valence-electron chi connectivity index (χ2n) is 10.8. The average Bonchev–Trinajstić information content (AvgIpc) is 3.10. The second-order valence-corrected chi connectivity index (χ2v) is 12.8. The third kappa shape index (κ3) is 7.18. The van der Waals surface area contributed by atoms with E-state index in [0.29, 0.717) is 27.8 Å². The number of halogens is 2. The van der Waals surface area contributed by atoms with E-state index in [1.54, 1.807) is 60.7 Å². The van der Waals surface area contributed by atoms with Crippen LogP contribution in [0, 0.1) is 0 Å². The monoisotopic (exact) mass is 644 g/mol. The maximum absolute atomic E-state index is 16.2. The van der Waals surface area contributed by atoms with Crippen LogP contribution >= 0.6 is 7.60 Å². The van der Waals surface area contributed by atoms with Crippen molar-refractivity contribution in [1.29, 1.82) is 0 Å². The highest BCUT2D eigenvalue weighted by molar-refractivity contribution is 7.55. The lowest BCUT2D eigenvalue weighted by Gasteiger charge is -2.38. The van der Waals surface area contributed by atoms with Gasteiger partial charge in [-0.05, 0) is 27.8 Å². The Morgan fingerprint density at radius 3 is 1.22 bits per heavy atom. The Kier molecular flexibility index (Phi) is 10.6. The van der Waals surface area contributed by atoms with Crippen molar-refractivity contribution in [1.82, 2.24) is 0 Å². The number of hydrogen-bond donors (Lipinski definition) is 2. The van der Waals surface area contributed by atoms with Crippen LogP contribution in [0.4, 0.5) is 8.78 Å². The molecule has 0 fully saturated rings. The van der Waals surface area contributed by atoms with E-state index in [-0.39, 0.29) is 0 Å². The van der Waals surface area contributed by atoms with Gasteiger partial charge in [-0.3, -0.25) is 13.6 Å². The molecule has 0 amide bonds. The zero-order valence-corrected chi connectivity index (χ0v) is 25.9. The molecule has 0 heterocycles. The first-order valence-corrected chi connectivity index (χ1v) is 16.3. The van der Waals surface area contributed by atoms with Crippen LogP contribution in [0.15, 0.2) is 152 Å². The van der Waals surface area contributed by atoms with Crippen molar-refractivity contribution in [3.8, 4) is 0 Å². The molecule has 0 atom stereocenters. The van der Waals surface area contributed by atoms with Crippen molar-refractivity contribution >= 4 is 7.60 Å². The van der Waals surface area contributed by atoms with Crippen molar-refractivity contribution in [2.45, 2.75) is 36.7 Å². The summed E-state index contributed by atoms with van der Waals surface area (Å²) in [5, 5.41) is 21.9. The van der Waals surface area contributed by atoms with Gasteiger partial charge in [0.15, 0.2) is 0 Å². The molecule has 46 heavy (non-hydrogen) atoms. The summed E-state index contributed by atoms with van der Waals surface area (Å²) in [6.45, 7) is -1.58. The normalized spacial score (nSPS) is 12.6. The van der Waals surface area contributed by atoms with Crippen molar-refractivity contribution in [2.24, 2.45) is 0 Å². The summed E-state index contributed by atoms with van der Waals surface area (Å²) in [6.07, 6.45) is -1.03. The predicted molar refractivity (Wildman–Crippen MR) is 172 cm³/mol. The molecule has 0 spiro atoms. The smallest absolute Gasteiger partial charge is 0.361 e. The largest absolute Gasteiger partial charge is 0.406 e. The molecule has 5 aromatic carbocycles. The fraction of sp³-hybridized carbons (Fsp3) is 0.189. The molecule has 0 bridgehead atoms. The second kappa shape index (κ2) is 14.6. The van der Waals surface area contributed by atoms with Crippen molar-refractivity contribution in [2.75, 3.05) is 6.61 Å². The molecule has 5 aromatic rings. The summed E-state index contributed by atoms with van der Waals surface area (Å²) in [5.41, 5.74) is -3.06. The summed E-state index contributed by atoms with van der Waals surface area (Å²) < 4.78 is 63.2. The molecule has 238 valence electrons. The Labute approximate surface area is 267 Å². The van der Waals surface area contributed by atoms with Crippen LogP contribution in [0.5, 0.6) is 0 Å². The maximum atomic E-state index is 16.2. The van der Waals surface area contributed by atoms with Crippen LogP contribution in [-0.4, -0.2) is 28.3 Å². The molecule has 2 N–H and O–H groups in total. The van der Waals surface area contributed by atoms with E-state index < -0.39 is 50.9 Å². The predicted octanol–water partition coefficient (Wildman–Crippen LogP) is 8.29. The zero-order valence-electron chi connectivity index (χ0n) is 25.0. The van der Waals surface area contributed by atoms with E-state index >= 15 is 8.78 Å². The third-order valence-corrected chi connectivity index (χ3v) is 9.61. The molecule has 0 aromatic heterocycles. The van der Waals surface area contributed by atoms with Gasteiger partial charge in [0, 0.05) is 6.42 Å². The van der Waals surface area contributed by atoms with Crippen LogP contribution in [0.2, 0.25) is 0 Å². The van der Waals surface area contributed by atoms with Crippen LogP contribution in [-0.2, 0) is 37.2 Å².